The van der Waals surface area contributed by atoms with E-state index in [-0.39, 0.29) is 11.9 Å². The molecule has 0 aliphatic carbocycles. The maximum Gasteiger partial charge on any atom is 0.251 e. The number of amides is 1. The Labute approximate surface area is 151 Å². The fraction of sp³-hybridized carbons (Fsp3) is 0.409. The van der Waals surface area contributed by atoms with E-state index in [0.29, 0.717) is 0 Å². The van der Waals surface area contributed by atoms with Gasteiger partial charge in [-0.2, -0.15) is 0 Å². The van der Waals surface area contributed by atoms with E-state index in [0.717, 1.165) is 12.1 Å². The molecule has 0 unspecified atom stereocenters. The first-order valence-electron chi connectivity index (χ1n) is 9.22. The maximum atomic E-state index is 12.6. The van der Waals surface area contributed by atoms with Crippen LogP contribution in [0, 0.1) is 13.8 Å². The van der Waals surface area contributed by atoms with E-state index in [9.17, 15) is 4.79 Å². The van der Waals surface area contributed by atoms with E-state index in [1.807, 2.05) is 19.1 Å². The number of rotatable bonds is 5. The summed E-state index contributed by atoms with van der Waals surface area (Å²) in [4.78, 5) is 15.0. The number of benzene rings is 2. The fourth-order valence-electron chi connectivity index (χ4n) is 3.54. The molecule has 25 heavy (non-hydrogen) atoms. The van der Waals surface area contributed by atoms with Gasteiger partial charge in [-0.3, -0.25) is 9.69 Å². The summed E-state index contributed by atoms with van der Waals surface area (Å²) < 4.78 is 0. The second kappa shape index (κ2) is 7.83. The number of nitrogens with one attached hydrogen (secondary N) is 1. The van der Waals surface area contributed by atoms with Gasteiger partial charge in [0.25, 0.3) is 5.91 Å². The van der Waals surface area contributed by atoms with Crippen molar-refractivity contribution in [1.82, 2.24) is 10.2 Å². The minimum absolute atomic E-state index is 0.00308. The van der Waals surface area contributed by atoms with Gasteiger partial charge >= 0.3 is 0 Å². The molecular formula is C22H28N2O. The Hall–Kier alpha value is -2.13. The van der Waals surface area contributed by atoms with Crippen LogP contribution in [-0.4, -0.2) is 23.9 Å². The van der Waals surface area contributed by atoms with E-state index in [2.05, 4.69) is 54.4 Å². The SMILES string of the molecule is Cc1ccc(C)c([C@@H](C)NC(=O)c2ccc(CN3CCCC3)cc2)c1. The lowest BCUT2D eigenvalue weighted by atomic mass is 9.99. The molecule has 132 valence electrons. The highest BCUT2D eigenvalue weighted by atomic mass is 16.1. The Balaban J connectivity index is 1.63. The zero-order valence-electron chi connectivity index (χ0n) is 15.5. The lowest BCUT2D eigenvalue weighted by molar-refractivity contribution is 0.0940. The van der Waals surface area contributed by atoms with Gasteiger partial charge in [0, 0.05) is 12.1 Å². The predicted octanol–water partition coefficient (Wildman–Crippen LogP) is 4.39. The fourth-order valence-corrected chi connectivity index (χ4v) is 3.54. The first kappa shape index (κ1) is 17.7. The summed E-state index contributed by atoms with van der Waals surface area (Å²) in [5, 5.41) is 3.12. The topological polar surface area (TPSA) is 32.3 Å². The molecule has 0 aromatic heterocycles. The molecule has 3 heteroatoms. The van der Waals surface area contributed by atoms with Crippen molar-refractivity contribution in [2.45, 2.75) is 46.2 Å². The molecule has 1 N–H and O–H groups in total. The molecule has 2 aromatic rings. The van der Waals surface area contributed by atoms with E-state index in [1.54, 1.807) is 0 Å². The van der Waals surface area contributed by atoms with Crippen molar-refractivity contribution in [2.75, 3.05) is 13.1 Å². The lowest BCUT2D eigenvalue weighted by Gasteiger charge is -2.18. The Kier molecular flexibility index (Phi) is 5.54. The van der Waals surface area contributed by atoms with Crippen LogP contribution in [0.4, 0.5) is 0 Å². The molecule has 1 aliphatic rings. The molecule has 0 radical (unpaired) electrons. The van der Waals surface area contributed by atoms with Crippen molar-refractivity contribution in [2.24, 2.45) is 0 Å². The van der Waals surface area contributed by atoms with Gasteiger partial charge in [0.05, 0.1) is 6.04 Å². The molecule has 1 fully saturated rings. The lowest BCUT2D eigenvalue weighted by Crippen LogP contribution is -2.27. The van der Waals surface area contributed by atoms with Gasteiger partial charge in [0.1, 0.15) is 0 Å². The van der Waals surface area contributed by atoms with Gasteiger partial charge in [-0.15, -0.1) is 0 Å². The zero-order chi connectivity index (χ0) is 17.8. The number of likely N-dealkylation sites (tertiary alicyclic amines) is 1. The van der Waals surface area contributed by atoms with Crippen molar-refractivity contribution >= 4 is 5.91 Å². The summed E-state index contributed by atoms with van der Waals surface area (Å²) in [7, 11) is 0. The Morgan fingerprint density at radius 3 is 2.44 bits per heavy atom. The number of carbonyl (C=O) groups is 1. The second-order valence-corrected chi connectivity index (χ2v) is 7.24. The molecule has 3 nitrogen and oxygen atoms in total. The summed E-state index contributed by atoms with van der Waals surface area (Å²) in [5.74, 6) is -0.0128. The van der Waals surface area contributed by atoms with Crippen LogP contribution in [0.25, 0.3) is 0 Å². The molecule has 0 spiro atoms. The highest BCUT2D eigenvalue weighted by Gasteiger charge is 2.15. The summed E-state index contributed by atoms with van der Waals surface area (Å²) in [5.41, 5.74) is 5.61. The smallest absolute Gasteiger partial charge is 0.251 e. The van der Waals surface area contributed by atoms with Crippen LogP contribution in [-0.2, 0) is 6.54 Å². The summed E-state index contributed by atoms with van der Waals surface area (Å²) in [6.45, 7) is 9.58. The molecule has 1 atom stereocenters. The van der Waals surface area contributed by atoms with Crippen LogP contribution in [0.1, 0.15) is 58.4 Å². The van der Waals surface area contributed by atoms with Crippen molar-refractivity contribution in [1.29, 1.82) is 0 Å². The normalized spacial score (nSPS) is 16.0. The number of hydrogen-bond acceptors (Lipinski definition) is 2. The van der Waals surface area contributed by atoms with Gasteiger partial charge in [-0.1, -0.05) is 35.9 Å². The molecule has 0 bridgehead atoms. The third-order valence-corrected chi connectivity index (χ3v) is 5.07. The molecule has 3 rings (SSSR count). The minimum Gasteiger partial charge on any atom is -0.346 e. The van der Waals surface area contributed by atoms with Crippen LogP contribution >= 0.6 is 0 Å². The summed E-state index contributed by atoms with van der Waals surface area (Å²) in [6.07, 6.45) is 2.60. The number of carbonyl (C=O) groups excluding carboxylic acids is 1. The molecule has 1 saturated heterocycles. The largest absolute Gasteiger partial charge is 0.346 e. The molecule has 1 heterocycles. The number of aryl methyl sites for hydroxylation is 2. The summed E-state index contributed by atoms with van der Waals surface area (Å²) in [6, 6.07) is 14.4. The number of nitrogens with zero attached hydrogens (tertiary/aromatic N) is 1. The van der Waals surface area contributed by atoms with Gasteiger partial charge in [0.15, 0.2) is 0 Å². The van der Waals surface area contributed by atoms with Gasteiger partial charge < -0.3 is 5.32 Å². The third-order valence-electron chi connectivity index (χ3n) is 5.07. The van der Waals surface area contributed by atoms with E-state index in [1.165, 1.54) is 48.2 Å². The van der Waals surface area contributed by atoms with Crippen molar-refractivity contribution < 1.29 is 4.79 Å². The number of hydrogen-bond donors (Lipinski definition) is 1. The van der Waals surface area contributed by atoms with E-state index >= 15 is 0 Å². The highest BCUT2D eigenvalue weighted by Crippen LogP contribution is 2.20. The quantitative estimate of drug-likeness (QED) is 0.878. The monoisotopic (exact) mass is 336 g/mol. The van der Waals surface area contributed by atoms with Crippen LogP contribution < -0.4 is 5.32 Å². The Morgan fingerprint density at radius 1 is 1.08 bits per heavy atom. The van der Waals surface area contributed by atoms with Gasteiger partial charge in [0.2, 0.25) is 0 Å². The maximum absolute atomic E-state index is 12.6. The molecule has 2 aromatic carbocycles. The van der Waals surface area contributed by atoms with Crippen LogP contribution in [0.5, 0.6) is 0 Å². The Bertz CT molecular complexity index is 730. The first-order valence-corrected chi connectivity index (χ1v) is 9.22. The van der Waals surface area contributed by atoms with Gasteiger partial charge in [-0.05, 0) is 75.5 Å². The third kappa shape index (κ3) is 4.49. The average molecular weight is 336 g/mol. The van der Waals surface area contributed by atoms with Crippen molar-refractivity contribution in [3.05, 3.63) is 70.3 Å². The molecular weight excluding hydrogens is 308 g/mol. The molecule has 0 saturated carbocycles. The van der Waals surface area contributed by atoms with E-state index in [4.69, 9.17) is 0 Å². The van der Waals surface area contributed by atoms with Crippen molar-refractivity contribution in [3.63, 3.8) is 0 Å². The molecule has 1 aliphatic heterocycles. The van der Waals surface area contributed by atoms with Crippen LogP contribution in [0.2, 0.25) is 0 Å². The van der Waals surface area contributed by atoms with Crippen molar-refractivity contribution in [3.8, 4) is 0 Å². The van der Waals surface area contributed by atoms with E-state index < -0.39 is 0 Å². The van der Waals surface area contributed by atoms with Crippen LogP contribution in [0.15, 0.2) is 42.5 Å². The summed E-state index contributed by atoms with van der Waals surface area (Å²) >= 11 is 0. The molecule has 1 amide bonds. The van der Waals surface area contributed by atoms with Crippen LogP contribution in [0.3, 0.4) is 0 Å². The average Bonchev–Trinajstić information content (AvgIpc) is 3.10. The second-order valence-electron chi connectivity index (χ2n) is 7.24. The highest BCUT2D eigenvalue weighted by molar-refractivity contribution is 5.94. The van der Waals surface area contributed by atoms with Gasteiger partial charge in [-0.25, -0.2) is 0 Å². The Morgan fingerprint density at radius 2 is 1.76 bits per heavy atom. The predicted molar refractivity (Wildman–Crippen MR) is 103 cm³/mol. The minimum atomic E-state index is -0.0128. The zero-order valence-corrected chi connectivity index (χ0v) is 15.5. The standard InChI is InChI=1S/C22H28N2O/c1-16-6-7-17(2)21(14-16)18(3)23-22(25)20-10-8-19(9-11-20)15-24-12-4-5-13-24/h6-11,14,18H,4-5,12-13,15H2,1-3H3,(H,23,25)/t18-/m1/s1. The first-order chi connectivity index (χ1) is 12.0.